The van der Waals surface area contributed by atoms with Crippen molar-refractivity contribution in [1.29, 1.82) is 0 Å². The maximum absolute atomic E-state index is 12.9. The van der Waals surface area contributed by atoms with Crippen molar-refractivity contribution in [2.75, 3.05) is 5.43 Å². The zero-order valence-corrected chi connectivity index (χ0v) is 9.00. The summed E-state index contributed by atoms with van der Waals surface area (Å²) in [7, 11) is 0. The molecule has 0 spiro atoms. The molecule has 0 aliphatic rings. The lowest BCUT2D eigenvalue weighted by atomic mass is 10.2. The fraction of sp³-hybridized carbons (Fsp3) is 0. The predicted octanol–water partition coefficient (Wildman–Crippen LogP) is 1.68. The van der Waals surface area contributed by atoms with Crippen molar-refractivity contribution in [3.05, 3.63) is 54.4 Å². The quantitative estimate of drug-likeness (QED) is 0.551. The van der Waals surface area contributed by atoms with Crippen LogP contribution in [0.25, 0.3) is 0 Å². The lowest BCUT2D eigenvalue weighted by Gasteiger charge is -2.06. The van der Waals surface area contributed by atoms with E-state index in [2.05, 4.69) is 23.7 Å². The average molecular weight is 238 g/mol. The number of halogens is 2. The van der Waals surface area contributed by atoms with Gasteiger partial charge >= 0.3 is 0 Å². The lowest BCUT2D eigenvalue weighted by Crippen LogP contribution is -2.18. The molecule has 0 saturated carbocycles. The van der Waals surface area contributed by atoms with Crippen LogP contribution in [0.1, 0.15) is 0 Å². The molecule has 0 aliphatic heterocycles. The fourth-order valence-electron chi connectivity index (χ4n) is 1.09. The topological polar surface area (TPSA) is 76.4 Å². The van der Waals surface area contributed by atoms with Gasteiger partial charge in [-0.2, -0.15) is 5.10 Å². The summed E-state index contributed by atoms with van der Waals surface area (Å²) in [5, 5.41) is 3.76. The second-order valence-electron chi connectivity index (χ2n) is 3.28. The number of hydrogen-bond acceptors (Lipinski definition) is 4. The first-order valence-electron chi connectivity index (χ1n) is 4.59. The molecule has 0 amide bonds. The molecular formula is C11H12F2N4. The number of hydrazone groups is 1. The van der Waals surface area contributed by atoms with Gasteiger partial charge in [-0.3, -0.25) is 5.43 Å². The summed E-state index contributed by atoms with van der Waals surface area (Å²) in [5.74, 6) is -1.44. The van der Waals surface area contributed by atoms with E-state index in [4.69, 9.17) is 11.5 Å². The summed E-state index contributed by atoms with van der Waals surface area (Å²) in [6.07, 6.45) is 0. The summed E-state index contributed by atoms with van der Waals surface area (Å²) in [4.78, 5) is 0. The van der Waals surface area contributed by atoms with E-state index in [0.29, 0.717) is 0 Å². The molecule has 0 bridgehead atoms. The highest BCUT2D eigenvalue weighted by Gasteiger charge is 2.04. The van der Waals surface area contributed by atoms with Crippen molar-refractivity contribution in [2.24, 2.45) is 16.6 Å². The minimum Gasteiger partial charge on any atom is -0.397 e. The summed E-state index contributed by atoms with van der Waals surface area (Å²) in [6, 6.07) is 2.89. The van der Waals surface area contributed by atoms with Crippen LogP contribution >= 0.6 is 0 Å². The molecule has 0 fully saturated rings. The number of nitrogens with one attached hydrogen (secondary N) is 1. The van der Waals surface area contributed by atoms with E-state index in [1.54, 1.807) is 0 Å². The molecule has 0 radical (unpaired) electrons. The fourth-order valence-corrected chi connectivity index (χ4v) is 1.09. The molecule has 6 heteroatoms. The Morgan fingerprint density at radius 1 is 1.06 bits per heavy atom. The van der Waals surface area contributed by atoms with Gasteiger partial charge in [0.15, 0.2) is 0 Å². The predicted molar refractivity (Wildman–Crippen MR) is 64.1 cm³/mol. The second kappa shape index (κ2) is 5.11. The average Bonchev–Trinajstić information content (AvgIpc) is 2.14. The molecule has 90 valence electrons. The van der Waals surface area contributed by atoms with Gasteiger partial charge in [-0.15, -0.1) is 0 Å². The van der Waals surface area contributed by atoms with E-state index in [-0.39, 0.29) is 22.8 Å². The number of anilines is 1. The molecule has 1 rings (SSSR count). The van der Waals surface area contributed by atoms with Crippen LogP contribution in [0.5, 0.6) is 0 Å². The normalized spacial score (nSPS) is 9.53. The largest absolute Gasteiger partial charge is 0.397 e. The maximum Gasteiger partial charge on any atom is 0.128 e. The molecule has 0 saturated heterocycles. The van der Waals surface area contributed by atoms with Crippen LogP contribution in [0.4, 0.5) is 14.5 Å². The van der Waals surface area contributed by atoms with Crippen molar-refractivity contribution in [1.82, 2.24) is 0 Å². The van der Waals surface area contributed by atoms with E-state index in [9.17, 15) is 8.78 Å². The summed E-state index contributed by atoms with van der Waals surface area (Å²) >= 11 is 0. The number of benzene rings is 1. The van der Waals surface area contributed by atoms with Gasteiger partial charge in [0.1, 0.15) is 17.3 Å². The lowest BCUT2D eigenvalue weighted by molar-refractivity contribution is 0.584. The summed E-state index contributed by atoms with van der Waals surface area (Å²) < 4.78 is 25.7. The number of nitrogens with zero attached hydrogens (tertiary/aromatic N) is 1. The van der Waals surface area contributed by atoms with Crippen molar-refractivity contribution in [2.45, 2.75) is 0 Å². The first-order valence-corrected chi connectivity index (χ1v) is 4.59. The molecule has 0 heterocycles. The van der Waals surface area contributed by atoms with Crippen LogP contribution in [0.15, 0.2) is 47.9 Å². The number of hydrogen-bond donors (Lipinski definition) is 3. The van der Waals surface area contributed by atoms with Gasteiger partial charge in [-0.05, 0) is 12.1 Å². The highest BCUT2D eigenvalue weighted by molar-refractivity contribution is 6.10. The highest BCUT2D eigenvalue weighted by atomic mass is 19.1. The first kappa shape index (κ1) is 12.7. The molecule has 5 N–H and O–H groups in total. The number of nitrogens with two attached hydrogens (primary N) is 2. The monoisotopic (exact) mass is 238 g/mol. The Hall–Kier alpha value is -2.37. The van der Waals surface area contributed by atoms with Gasteiger partial charge in [0.25, 0.3) is 0 Å². The summed E-state index contributed by atoms with van der Waals surface area (Å²) in [6.45, 7) is 6.88. The van der Waals surface area contributed by atoms with Gasteiger partial charge < -0.3 is 11.5 Å². The van der Waals surface area contributed by atoms with Gasteiger partial charge in [0.05, 0.1) is 17.1 Å². The standard InChI is InChI=1S/C11H12F2N4/c1-6(14)11(7(2)15)17-16-10-4-8(12)3-9(13)5-10/h3-5,16H,1-2,14-15H2. The Morgan fingerprint density at radius 2 is 1.53 bits per heavy atom. The molecule has 1 aromatic rings. The smallest absolute Gasteiger partial charge is 0.128 e. The van der Waals surface area contributed by atoms with E-state index >= 15 is 0 Å². The molecule has 0 aliphatic carbocycles. The third kappa shape index (κ3) is 3.60. The Kier molecular flexibility index (Phi) is 3.82. The van der Waals surface area contributed by atoms with Crippen molar-refractivity contribution in [3.8, 4) is 0 Å². The SMILES string of the molecule is C=C(N)C(=NNc1cc(F)cc(F)c1)C(=C)N. The molecule has 0 atom stereocenters. The number of rotatable bonds is 4. The van der Waals surface area contributed by atoms with Gasteiger partial charge in [0.2, 0.25) is 0 Å². The third-order valence-corrected chi connectivity index (χ3v) is 1.77. The minimum atomic E-state index is -0.720. The molecule has 17 heavy (non-hydrogen) atoms. The Bertz CT molecular complexity index is 458. The van der Waals surface area contributed by atoms with Crippen molar-refractivity contribution < 1.29 is 8.78 Å². The van der Waals surface area contributed by atoms with Gasteiger partial charge in [-0.1, -0.05) is 13.2 Å². The van der Waals surface area contributed by atoms with E-state index in [0.717, 1.165) is 18.2 Å². The van der Waals surface area contributed by atoms with Crippen molar-refractivity contribution in [3.63, 3.8) is 0 Å². The maximum atomic E-state index is 12.9. The molecule has 1 aromatic carbocycles. The Morgan fingerprint density at radius 3 is 1.94 bits per heavy atom. The summed E-state index contributed by atoms with van der Waals surface area (Å²) in [5.41, 5.74) is 13.7. The molecular weight excluding hydrogens is 226 g/mol. The van der Waals surface area contributed by atoms with E-state index in [1.165, 1.54) is 0 Å². The van der Waals surface area contributed by atoms with E-state index in [1.807, 2.05) is 0 Å². The molecule has 0 aromatic heterocycles. The Balaban J connectivity index is 2.94. The van der Waals surface area contributed by atoms with Crippen LogP contribution in [0, 0.1) is 11.6 Å². The van der Waals surface area contributed by atoms with Gasteiger partial charge in [0, 0.05) is 6.07 Å². The third-order valence-electron chi connectivity index (χ3n) is 1.77. The van der Waals surface area contributed by atoms with Crippen LogP contribution in [0.3, 0.4) is 0 Å². The second-order valence-corrected chi connectivity index (χ2v) is 3.28. The van der Waals surface area contributed by atoms with Crippen molar-refractivity contribution >= 4 is 11.4 Å². The highest BCUT2D eigenvalue weighted by Crippen LogP contribution is 2.13. The molecule has 0 unspecified atom stereocenters. The van der Waals surface area contributed by atoms with Crippen LogP contribution in [-0.4, -0.2) is 5.71 Å². The molecule has 4 nitrogen and oxygen atoms in total. The zero-order chi connectivity index (χ0) is 13.0. The Labute approximate surface area is 97.3 Å². The van der Waals surface area contributed by atoms with Crippen LogP contribution in [-0.2, 0) is 0 Å². The van der Waals surface area contributed by atoms with Crippen LogP contribution < -0.4 is 16.9 Å². The van der Waals surface area contributed by atoms with Crippen LogP contribution in [0.2, 0.25) is 0 Å². The zero-order valence-electron chi connectivity index (χ0n) is 9.00. The first-order chi connectivity index (χ1) is 7.90. The van der Waals surface area contributed by atoms with Gasteiger partial charge in [-0.25, -0.2) is 8.78 Å². The van der Waals surface area contributed by atoms with E-state index < -0.39 is 11.6 Å². The minimum absolute atomic E-state index is 0.0990.